The van der Waals surface area contributed by atoms with Gasteiger partial charge >= 0.3 is 7.12 Å². The van der Waals surface area contributed by atoms with E-state index in [0.29, 0.717) is 66.2 Å². The molecule has 238 valence electrons. The van der Waals surface area contributed by atoms with Crippen molar-refractivity contribution in [3.8, 4) is 5.75 Å². The normalized spacial score (nSPS) is 40.3. The van der Waals surface area contributed by atoms with Gasteiger partial charge in [0, 0.05) is 32.4 Å². The molecule has 5 fully saturated rings. The van der Waals surface area contributed by atoms with Crippen molar-refractivity contribution >= 4 is 18.5 Å². The molecule has 10 atom stereocenters. The molecular weight excluding hydrogens is 541 g/mol. The summed E-state index contributed by atoms with van der Waals surface area (Å²) in [4.78, 5) is 15.3. The van der Waals surface area contributed by atoms with Crippen molar-refractivity contribution in [2.45, 2.75) is 116 Å². The van der Waals surface area contributed by atoms with Gasteiger partial charge < -0.3 is 29.9 Å². The van der Waals surface area contributed by atoms with Crippen molar-refractivity contribution in [2.24, 2.45) is 46.3 Å². The highest BCUT2D eigenvalue weighted by Crippen LogP contribution is 2.68. The van der Waals surface area contributed by atoms with Crippen LogP contribution in [-0.4, -0.2) is 69.6 Å². The fourth-order valence-electron chi connectivity index (χ4n) is 11.0. The number of rotatable bonds is 7. The summed E-state index contributed by atoms with van der Waals surface area (Å²) in [6, 6.07) is 6.85. The van der Waals surface area contributed by atoms with Crippen LogP contribution >= 0.6 is 0 Å². The van der Waals surface area contributed by atoms with Gasteiger partial charge in [0.2, 0.25) is 5.91 Å². The van der Waals surface area contributed by atoms with Crippen LogP contribution in [0.25, 0.3) is 0 Å². The van der Waals surface area contributed by atoms with E-state index in [2.05, 4.69) is 20.8 Å². The van der Waals surface area contributed by atoms with Crippen molar-refractivity contribution in [1.29, 1.82) is 0 Å². The van der Waals surface area contributed by atoms with Gasteiger partial charge in [-0.1, -0.05) is 32.9 Å². The minimum atomic E-state index is -1.48. The third-order valence-corrected chi connectivity index (χ3v) is 13.5. The van der Waals surface area contributed by atoms with E-state index >= 15 is 0 Å². The predicted molar refractivity (Wildman–Crippen MR) is 168 cm³/mol. The lowest BCUT2D eigenvalue weighted by molar-refractivity contribution is -0.174. The van der Waals surface area contributed by atoms with Crippen molar-refractivity contribution in [3.05, 3.63) is 24.3 Å². The van der Waals surface area contributed by atoms with Gasteiger partial charge in [-0.05, 0) is 122 Å². The minimum absolute atomic E-state index is 0.0599. The quantitative estimate of drug-likeness (QED) is 0.353. The van der Waals surface area contributed by atoms with E-state index in [1.165, 1.54) is 25.7 Å². The lowest BCUT2D eigenvalue weighted by Crippen LogP contribution is -2.58. The van der Waals surface area contributed by atoms with Crippen LogP contribution in [0, 0.1) is 46.3 Å². The first-order valence-electron chi connectivity index (χ1n) is 17.3. The molecule has 0 radical (unpaired) electrons. The van der Waals surface area contributed by atoms with Gasteiger partial charge in [0.1, 0.15) is 11.9 Å². The number of ether oxygens (including phenoxy) is 1. The van der Waals surface area contributed by atoms with E-state index in [9.17, 15) is 25.1 Å². The summed E-state index contributed by atoms with van der Waals surface area (Å²) in [6.45, 7) is 8.79. The number of benzene rings is 1. The monoisotopic (exact) mass is 595 g/mol. The first-order chi connectivity index (χ1) is 20.5. The Kier molecular flexibility index (Phi) is 8.98. The van der Waals surface area contributed by atoms with Gasteiger partial charge in [-0.15, -0.1) is 0 Å². The summed E-state index contributed by atoms with van der Waals surface area (Å²) >= 11 is 0. The lowest BCUT2D eigenvalue weighted by atomic mass is 9.43. The summed E-state index contributed by atoms with van der Waals surface area (Å²) in [5.41, 5.74) is 0.940. The Morgan fingerprint density at radius 3 is 2.33 bits per heavy atom. The molecule has 1 heterocycles. The number of aliphatic hydroxyl groups is 2. The van der Waals surface area contributed by atoms with Crippen LogP contribution in [0.15, 0.2) is 24.3 Å². The fraction of sp³-hybridized carbons (Fsp3) is 0.800. The highest BCUT2D eigenvalue weighted by Gasteiger charge is 2.62. The number of nitrogens with zero attached hydrogens (tertiary/aromatic N) is 1. The first kappa shape index (κ1) is 31.4. The Hall–Kier alpha value is -1.61. The maximum atomic E-state index is 13.3. The van der Waals surface area contributed by atoms with Crippen molar-refractivity contribution in [1.82, 2.24) is 4.90 Å². The standard InChI is InChI=1S/C35H54BNO6/c1-22(4-11-32(40)37-18-14-27(15-19-37)43-26-7-5-24(6-8-26)36(41)42)28-9-10-29-33-30(13-17-35(28,29)3)34(2)16-12-25(38)20-23(34)21-31(33)39/h5-8,22-23,25,27-31,33,38-39,41-42H,4,9-21H2,1-3H3/t22-,23+,25-,28-,29+,30+,31+,33?,34+,35-/m1/s1. The summed E-state index contributed by atoms with van der Waals surface area (Å²) in [7, 11) is -1.48. The lowest BCUT2D eigenvalue weighted by Gasteiger charge is -2.62. The number of piperidine rings is 1. The summed E-state index contributed by atoms with van der Waals surface area (Å²) < 4.78 is 6.10. The van der Waals surface area contributed by atoms with Crippen molar-refractivity contribution in [3.63, 3.8) is 0 Å². The third kappa shape index (κ3) is 5.91. The van der Waals surface area contributed by atoms with Crippen LogP contribution in [0.1, 0.15) is 97.8 Å². The molecule has 8 heteroatoms. The molecule has 6 rings (SSSR count). The number of carbonyl (C=O) groups is 1. The molecule has 4 aliphatic carbocycles. The second-order valence-corrected chi connectivity index (χ2v) is 15.6. The Labute approximate surface area is 258 Å². The number of likely N-dealkylation sites (tertiary alicyclic amines) is 1. The molecular formula is C35H54BNO6. The van der Waals surface area contributed by atoms with E-state index in [4.69, 9.17) is 4.74 Å². The van der Waals surface area contributed by atoms with E-state index in [-0.39, 0.29) is 35.0 Å². The summed E-state index contributed by atoms with van der Waals surface area (Å²) in [5, 5.41) is 40.5. The van der Waals surface area contributed by atoms with Crippen molar-refractivity contribution in [2.75, 3.05) is 13.1 Å². The molecule has 1 aliphatic heterocycles. The fourth-order valence-corrected chi connectivity index (χ4v) is 11.0. The molecule has 1 saturated heterocycles. The van der Waals surface area contributed by atoms with Crippen LogP contribution in [0.5, 0.6) is 5.75 Å². The number of amides is 1. The predicted octanol–water partition coefficient (Wildman–Crippen LogP) is 4.14. The Morgan fingerprint density at radius 2 is 1.63 bits per heavy atom. The van der Waals surface area contributed by atoms with Gasteiger partial charge in [0.15, 0.2) is 0 Å². The number of hydrogen-bond donors (Lipinski definition) is 4. The molecule has 1 amide bonds. The average Bonchev–Trinajstić information content (AvgIpc) is 3.34. The molecule has 5 aliphatic rings. The number of hydrogen-bond acceptors (Lipinski definition) is 6. The van der Waals surface area contributed by atoms with E-state index in [1.54, 1.807) is 24.3 Å². The maximum Gasteiger partial charge on any atom is 0.488 e. The van der Waals surface area contributed by atoms with Gasteiger partial charge in [-0.2, -0.15) is 0 Å². The first-order valence-corrected chi connectivity index (χ1v) is 17.3. The van der Waals surface area contributed by atoms with E-state index in [1.807, 2.05) is 4.90 Å². The average molecular weight is 596 g/mol. The van der Waals surface area contributed by atoms with E-state index < -0.39 is 7.12 Å². The largest absolute Gasteiger partial charge is 0.490 e. The number of carbonyl (C=O) groups excluding carboxylic acids is 1. The molecule has 0 bridgehead atoms. The third-order valence-electron chi connectivity index (χ3n) is 13.5. The van der Waals surface area contributed by atoms with E-state index in [0.717, 1.165) is 44.9 Å². The number of fused-ring (bicyclic) bond motifs is 5. The maximum absolute atomic E-state index is 13.3. The molecule has 0 aromatic heterocycles. The molecule has 1 aromatic rings. The zero-order valence-corrected chi connectivity index (χ0v) is 26.5. The van der Waals surface area contributed by atoms with Crippen LogP contribution < -0.4 is 10.2 Å². The molecule has 1 unspecified atom stereocenters. The second kappa shape index (κ2) is 12.3. The van der Waals surface area contributed by atoms with Gasteiger partial charge in [-0.25, -0.2) is 0 Å². The van der Waals surface area contributed by atoms with Gasteiger partial charge in [-0.3, -0.25) is 4.79 Å². The van der Waals surface area contributed by atoms with Crippen LogP contribution in [0.2, 0.25) is 0 Å². The minimum Gasteiger partial charge on any atom is -0.490 e. The molecule has 7 nitrogen and oxygen atoms in total. The topological polar surface area (TPSA) is 110 Å². The molecule has 4 N–H and O–H groups in total. The number of aliphatic hydroxyl groups excluding tert-OH is 2. The molecule has 0 spiro atoms. The Bertz CT molecular complexity index is 1120. The Balaban J connectivity index is 1.00. The zero-order chi connectivity index (χ0) is 30.5. The molecule has 43 heavy (non-hydrogen) atoms. The Morgan fingerprint density at radius 1 is 0.953 bits per heavy atom. The summed E-state index contributed by atoms with van der Waals surface area (Å²) in [5.74, 6) is 4.05. The van der Waals surface area contributed by atoms with Crippen LogP contribution in [0.3, 0.4) is 0 Å². The zero-order valence-electron chi connectivity index (χ0n) is 26.5. The molecule has 4 saturated carbocycles. The smallest absolute Gasteiger partial charge is 0.488 e. The second-order valence-electron chi connectivity index (χ2n) is 15.6. The SMILES string of the molecule is C[C@H](CCC(=O)N1CCC(Oc2ccc(B(O)O)cc2)CC1)[C@H]1CC[C@H]2C3[C@@H](O)C[C@@H]4C[C@H](O)CC[C@]4(C)[C@H]3CC[C@]12C. The summed E-state index contributed by atoms with van der Waals surface area (Å²) in [6.07, 6.45) is 11.4. The highest BCUT2D eigenvalue weighted by atomic mass is 16.5. The highest BCUT2D eigenvalue weighted by molar-refractivity contribution is 6.58. The van der Waals surface area contributed by atoms with Gasteiger partial charge in [0.05, 0.1) is 12.2 Å². The molecule has 1 aromatic carbocycles. The van der Waals surface area contributed by atoms with Crippen molar-refractivity contribution < 1.29 is 29.8 Å². The van der Waals surface area contributed by atoms with Crippen LogP contribution in [-0.2, 0) is 4.79 Å². The van der Waals surface area contributed by atoms with Gasteiger partial charge in [0.25, 0.3) is 0 Å². The van der Waals surface area contributed by atoms with Crippen LogP contribution in [0.4, 0.5) is 0 Å².